The molecule has 0 bridgehead atoms. The molecule has 3 rings (SSSR count). The molecule has 1 aromatic heterocycles. The predicted molar refractivity (Wildman–Crippen MR) is 101 cm³/mol. The lowest BCUT2D eigenvalue weighted by atomic mass is 10.3. The standard InChI is InChI=1S/C18H24FN5O3S/c1-21(12-15-11-20-22(2)13-15)18(25)14-23-6-8-24(9-7-23)28(26,27)17-5-3-4-16(19)10-17/h3-5,10-11,13H,6-9,12,14H2,1-2H3. The number of piperazine rings is 1. The second-order valence-electron chi connectivity index (χ2n) is 6.91. The SMILES string of the molecule is CN(Cc1cnn(C)c1)C(=O)CN1CCN(S(=O)(=O)c2cccc(F)c2)CC1. The number of aryl methyl sites for hydroxylation is 1. The maximum absolute atomic E-state index is 13.4. The highest BCUT2D eigenvalue weighted by Gasteiger charge is 2.29. The van der Waals surface area contributed by atoms with E-state index < -0.39 is 15.8 Å². The minimum absolute atomic E-state index is 0.0368. The molecule has 152 valence electrons. The van der Waals surface area contributed by atoms with Crippen LogP contribution in [0.3, 0.4) is 0 Å². The molecule has 1 amide bonds. The summed E-state index contributed by atoms with van der Waals surface area (Å²) in [5, 5.41) is 4.09. The normalized spacial score (nSPS) is 16.2. The van der Waals surface area contributed by atoms with Crippen molar-refractivity contribution in [1.82, 2.24) is 23.9 Å². The highest BCUT2D eigenvalue weighted by Crippen LogP contribution is 2.18. The van der Waals surface area contributed by atoms with Gasteiger partial charge in [0.15, 0.2) is 0 Å². The zero-order chi connectivity index (χ0) is 20.3. The molecule has 0 aliphatic carbocycles. The van der Waals surface area contributed by atoms with Crippen LogP contribution in [0.25, 0.3) is 0 Å². The Balaban J connectivity index is 1.53. The Kier molecular flexibility index (Phi) is 6.11. The van der Waals surface area contributed by atoms with E-state index >= 15 is 0 Å². The van der Waals surface area contributed by atoms with E-state index in [4.69, 9.17) is 0 Å². The van der Waals surface area contributed by atoms with Crippen LogP contribution in [-0.4, -0.2) is 78.0 Å². The van der Waals surface area contributed by atoms with Gasteiger partial charge in [0.25, 0.3) is 0 Å². The molecule has 0 spiro atoms. The third-order valence-corrected chi connectivity index (χ3v) is 6.62. The predicted octanol–water partition coefficient (Wildman–Crippen LogP) is 0.524. The molecule has 8 nitrogen and oxygen atoms in total. The Hall–Kier alpha value is -2.30. The van der Waals surface area contributed by atoms with Gasteiger partial charge in [0.2, 0.25) is 15.9 Å². The van der Waals surface area contributed by atoms with Crippen LogP contribution in [0.15, 0.2) is 41.6 Å². The summed E-state index contributed by atoms with van der Waals surface area (Å²) < 4.78 is 41.7. The van der Waals surface area contributed by atoms with Gasteiger partial charge >= 0.3 is 0 Å². The van der Waals surface area contributed by atoms with Crippen molar-refractivity contribution in [1.29, 1.82) is 0 Å². The Bertz CT molecular complexity index is 938. The summed E-state index contributed by atoms with van der Waals surface area (Å²) in [7, 11) is -0.171. The van der Waals surface area contributed by atoms with Crippen LogP contribution in [0, 0.1) is 5.82 Å². The lowest BCUT2D eigenvalue weighted by molar-refractivity contribution is -0.131. The number of sulfonamides is 1. The summed E-state index contributed by atoms with van der Waals surface area (Å²) in [6.07, 6.45) is 3.58. The van der Waals surface area contributed by atoms with Gasteiger partial charge < -0.3 is 4.90 Å². The largest absolute Gasteiger partial charge is 0.340 e. The van der Waals surface area contributed by atoms with E-state index in [2.05, 4.69) is 5.10 Å². The number of benzene rings is 1. The molecule has 1 fully saturated rings. The number of hydrogen-bond acceptors (Lipinski definition) is 5. The summed E-state index contributed by atoms with van der Waals surface area (Å²) in [5.74, 6) is -0.618. The molecule has 0 N–H and O–H groups in total. The number of nitrogens with zero attached hydrogens (tertiary/aromatic N) is 5. The summed E-state index contributed by atoms with van der Waals surface area (Å²) >= 11 is 0. The fourth-order valence-corrected chi connectivity index (χ4v) is 4.59. The van der Waals surface area contributed by atoms with Crippen molar-refractivity contribution in [2.24, 2.45) is 7.05 Å². The molecule has 1 aliphatic rings. The second-order valence-corrected chi connectivity index (χ2v) is 8.85. The molecule has 2 aromatic rings. The zero-order valence-electron chi connectivity index (χ0n) is 16.0. The number of carbonyl (C=O) groups excluding carboxylic acids is 1. The summed E-state index contributed by atoms with van der Waals surface area (Å²) in [6, 6.07) is 5.01. The fraction of sp³-hybridized carbons (Fsp3) is 0.444. The topological polar surface area (TPSA) is 78.8 Å². The van der Waals surface area contributed by atoms with E-state index in [0.29, 0.717) is 19.6 Å². The lowest BCUT2D eigenvalue weighted by Crippen LogP contribution is -2.51. The second kappa shape index (κ2) is 8.38. The molecule has 1 aliphatic heterocycles. The molecular weight excluding hydrogens is 385 g/mol. The zero-order valence-corrected chi connectivity index (χ0v) is 16.8. The molecule has 0 saturated carbocycles. The molecule has 2 heterocycles. The van der Waals surface area contributed by atoms with Gasteiger partial charge in [0, 0.05) is 58.6 Å². The monoisotopic (exact) mass is 409 g/mol. The van der Waals surface area contributed by atoms with E-state index in [1.807, 2.05) is 18.1 Å². The van der Waals surface area contributed by atoms with E-state index in [1.54, 1.807) is 22.8 Å². The van der Waals surface area contributed by atoms with Crippen LogP contribution < -0.4 is 0 Å². The molecule has 28 heavy (non-hydrogen) atoms. The number of halogens is 1. The maximum Gasteiger partial charge on any atom is 0.243 e. The first-order chi connectivity index (χ1) is 13.3. The van der Waals surface area contributed by atoms with E-state index in [-0.39, 0.29) is 30.4 Å². The molecule has 0 atom stereocenters. The first kappa shape index (κ1) is 20.4. The van der Waals surface area contributed by atoms with Gasteiger partial charge in [-0.25, -0.2) is 12.8 Å². The number of carbonyl (C=O) groups is 1. The van der Waals surface area contributed by atoms with Crippen LogP contribution in [-0.2, 0) is 28.4 Å². The van der Waals surface area contributed by atoms with Gasteiger partial charge in [-0.15, -0.1) is 0 Å². The quantitative estimate of drug-likeness (QED) is 0.695. The molecule has 1 saturated heterocycles. The highest BCUT2D eigenvalue weighted by molar-refractivity contribution is 7.89. The van der Waals surface area contributed by atoms with Crippen LogP contribution in [0.4, 0.5) is 4.39 Å². The Morgan fingerprint density at radius 2 is 1.96 bits per heavy atom. The molecule has 0 unspecified atom stereocenters. The van der Waals surface area contributed by atoms with Crippen LogP contribution in [0.1, 0.15) is 5.56 Å². The summed E-state index contributed by atoms with van der Waals surface area (Å²) in [5.41, 5.74) is 0.948. The molecular formula is C18H24FN5O3S. The first-order valence-corrected chi connectivity index (χ1v) is 10.4. The Morgan fingerprint density at radius 3 is 2.57 bits per heavy atom. The van der Waals surface area contributed by atoms with E-state index in [1.165, 1.54) is 22.5 Å². The number of likely N-dealkylation sites (N-methyl/N-ethyl adjacent to an activating group) is 1. The summed E-state index contributed by atoms with van der Waals surface area (Å²) in [6.45, 7) is 2.12. The first-order valence-electron chi connectivity index (χ1n) is 8.95. The van der Waals surface area contributed by atoms with E-state index in [0.717, 1.165) is 11.6 Å². The lowest BCUT2D eigenvalue weighted by Gasteiger charge is -2.34. The van der Waals surface area contributed by atoms with Crippen molar-refractivity contribution in [3.63, 3.8) is 0 Å². The number of hydrogen-bond donors (Lipinski definition) is 0. The Morgan fingerprint density at radius 1 is 1.25 bits per heavy atom. The van der Waals surface area contributed by atoms with Gasteiger partial charge in [0.05, 0.1) is 17.6 Å². The van der Waals surface area contributed by atoms with Gasteiger partial charge in [-0.05, 0) is 18.2 Å². The minimum Gasteiger partial charge on any atom is -0.340 e. The van der Waals surface area contributed by atoms with Crippen molar-refractivity contribution in [3.8, 4) is 0 Å². The van der Waals surface area contributed by atoms with Gasteiger partial charge in [-0.2, -0.15) is 9.40 Å². The third kappa shape index (κ3) is 4.75. The molecule has 10 heteroatoms. The smallest absolute Gasteiger partial charge is 0.243 e. The van der Waals surface area contributed by atoms with Crippen LogP contribution >= 0.6 is 0 Å². The van der Waals surface area contributed by atoms with Crippen LogP contribution in [0.5, 0.6) is 0 Å². The number of rotatable bonds is 6. The number of aromatic nitrogens is 2. The number of amides is 1. The van der Waals surface area contributed by atoms with Crippen molar-refractivity contribution in [2.75, 3.05) is 39.8 Å². The highest BCUT2D eigenvalue weighted by atomic mass is 32.2. The van der Waals surface area contributed by atoms with Crippen molar-refractivity contribution in [3.05, 3.63) is 48.0 Å². The van der Waals surface area contributed by atoms with Gasteiger partial charge in [-0.1, -0.05) is 6.07 Å². The van der Waals surface area contributed by atoms with Gasteiger partial charge in [0.1, 0.15) is 5.82 Å². The van der Waals surface area contributed by atoms with E-state index in [9.17, 15) is 17.6 Å². The minimum atomic E-state index is -3.73. The average molecular weight is 409 g/mol. The van der Waals surface area contributed by atoms with Crippen molar-refractivity contribution in [2.45, 2.75) is 11.4 Å². The van der Waals surface area contributed by atoms with Crippen LogP contribution in [0.2, 0.25) is 0 Å². The average Bonchev–Trinajstić information content (AvgIpc) is 3.07. The molecule has 1 aromatic carbocycles. The molecule has 0 radical (unpaired) electrons. The van der Waals surface area contributed by atoms with Crippen molar-refractivity contribution >= 4 is 15.9 Å². The van der Waals surface area contributed by atoms with Crippen molar-refractivity contribution < 1.29 is 17.6 Å². The maximum atomic E-state index is 13.4. The van der Waals surface area contributed by atoms with Gasteiger partial charge in [-0.3, -0.25) is 14.4 Å². The fourth-order valence-electron chi connectivity index (χ4n) is 3.13. The Labute approximate surface area is 164 Å². The third-order valence-electron chi connectivity index (χ3n) is 4.73. The summed E-state index contributed by atoms with van der Waals surface area (Å²) in [4.78, 5) is 16.0.